The average molecular weight is 344 g/mol. The third-order valence-corrected chi connectivity index (χ3v) is 4.41. The molecule has 2 aliphatic rings. The Labute approximate surface area is 148 Å². The van der Waals surface area contributed by atoms with Gasteiger partial charge in [0.05, 0.1) is 0 Å². The molecule has 6 heteroatoms. The lowest BCUT2D eigenvalue weighted by Crippen LogP contribution is -2.43. The molecule has 134 valence electrons. The Morgan fingerprint density at radius 2 is 1.56 bits per heavy atom. The summed E-state index contributed by atoms with van der Waals surface area (Å²) < 4.78 is 10.2. The maximum absolute atomic E-state index is 12.0. The van der Waals surface area contributed by atoms with Crippen LogP contribution in [0.5, 0.6) is 0 Å². The van der Waals surface area contributed by atoms with Gasteiger partial charge in [-0.05, 0) is 24.3 Å². The number of carbonyl (C=O) groups excluding carboxylic acids is 2. The molecule has 1 aromatic rings. The van der Waals surface area contributed by atoms with Gasteiger partial charge in [-0.3, -0.25) is 4.90 Å². The number of carbonyl (C=O) groups is 2. The molecule has 6 nitrogen and oxygen atoms in total. The van der Waals surface area contributed by atoms with E-state index in [1.54, 1.807) is 0 Å². The number of nitrogens with zero attached hydrogens (tertiary/aromatic N) is 2. The van der Waals surface area contributed by atoms with E-state index in [0.717, 1.165) is 38.3 Å². The number of hydrogen-bond acceptors (Lipinski definition) is 6. The van der Waals surface area contributed by atoms with E-state index >= 15 is 0 Å². The average Bonchev–Trinajstić information content (AvgIpc) is 2.54. The molecule has 0 N–H and O–H groups in total. The van der Waals surface area contributed by atoms with Crippen LogP contribution in [0.1, 0.15) is 25.0 Å². The maximum Gasteiger partial charge on any atom is 0.348 e. The number of rotatable bonds is 3. The highest BCUT2D eigenvalue weighted by Crippen LogP contribution is 2.24. The molecule has 2 saturated heterocycles. The highest BCUT2D eigenvalue weighted by Gasteiger charge is 2.38. The quantitative estimate of drug-likeness (QED) is 0.472. The zero-order valence-electron chi connectivity index (χ0n) is 14.9. The molecule has 0 bridgehead atoms. The zero-order chi connectivity index (χ0) is 18.0. The Balaban J connectivity index is 1.66. The number of esters is 2. The summed E-state index contributed by atoms with van der Waals surface area (Å²) in [5, 5.41) is 0. The number of likely N-dealkylation sites (N-methyl/N-ethyl adjacent to an activating group) is 1. The van der Waals surface area contributed by atoms with Crippen LogP contribution < -0.4 is 0 Å². The first-order chi connectivity index (χ1) is 11.8. The van der Waals surface area contributed by atoms with Gasteiger partial charge in [-0.1, -0.05) is 24.3 Å². The first kappa shape index (κ1) is 17.6. The molecule has 0 spiro atoms. The minimum absolute atomic E-state index is 0.0776. The monoisotopic (exact) mass is 344 g/mol. The van der Waals surface area contributed by atoms with E-state index in [9.17, 15) is 9.59 Å². The van der Waals surface area contributed by atoms with Gasteiger partial charge in [0.1, 0.15) is 5.57 Å². The standard InChI is InChI=1S/C19H24N2O4/c1-19(2)24-17(22)16(18(23)25-19)12-14-4-6-15(7-5-14)13-21-10-8-20(3)9-11-21/h4-7,12H,8-11,13H2,1-3H3. The number of ether oxygens (including phenoxy) is 2. The predicted octanol–water partition coefficient (Wildman–Crippen LogP) is 1.65. The van der Waals surface area contributed by atoms with Gasteiger partial charge in [0.25, 0.3) is 5.79 Å². The van der Waals surface area contributed by atoms with Gasteiger partial charge in [-0.15, -0.1) is 0 Å². The van der Waals surface area contributed by atoms with Crippen LogP contribution >= 0.6 is 0 Å². The lowest BCUT2D eigenvalue weighted by atomic mass is 10.1. The number of cyclic esters (lactones) is 2. The van der Waals surface area contributed by atoms with Crippen LogP contribution in [0.3, 0.4) is 0 Å². The first-order valence-electron chi connectivity index (χ1n) is 8.51. The highest BCUT2D eigenvalue weighted by molar-refractivity contribution is 6.18. The van der Waals surface area contributed by atoms with Crippen LogP contribution in [0.15, 0.2) is 29.8 Å². The minimum atomic E-state index is -1.21. The van der Waals surface area contributed by atoms with Crippen molar-refractivity contribution < 1.29 is 19.1 Å². The summed E-state index contributed by atoms with van der Waals surface area (Å²) in [7, 11) is 2.14. The molecule has 2 fully saturated rings. The van der Waals surface area contributed by atoms with Crippen LogP contribution in [-0.2, 0) is 25.6 Å². The van der Waals surface area contributed by atoms with Crippen molar-refractivity contribution in [2.75, 3.05) is 33.2 Å². The largest absolute Gasteiger partial charge is 0.419 e. The van der Waals surface area contributed by atoms with E-state index in [1.807, 2.05) is 24.3 Å². The fraction of sp³-hybridized carbons (Fsp3) is 0.474. The highest BCUT2D eigenvalue weighted by atomic mass is 16.7. The van der Waals surface area contributed by atoms with Crippen LogP contribution in [0.2, 0.25) is 0 Å². The molecule has 0 atom stereocenters. The summed E-state index contributed by atoms with van der Waals surface area (Å²) in [5.41, 5.74) is 1.90. The topological polar surface area (TPSA) is 59.1 Å². The Kier molecular flexibility index (Phi) is 4.92. The van der Waals surface area contributed by atoms with E-state index in [1.165, 1.54) is 25.5 Å². The molecule has 0 unspecified atom stereocenters. The summed E-state index contributed by atoms with van der Waals surface area (Å²) >= 11 is 0. The van der Waals surface area contributed by atoms with E-state index < -0.39 is 17.7 Å². The molecule has 2 heterocycles. The second kappa shape index (κ2) is 6.98. The van der Waals surface area contributed by atoms with Gasteiger partial charge in [0, 0.05) is 46.6 Å². The first-order valence-corrected chi connectivity index (χ1v) is 8.51. The van der Waals surface area contributed by atoms with Gasteiger partial charge < -0.3 is 14.4 Å². The van der Waals surface area contributed by atoms with Gasteiger partial charge in [0.15, 0.2) is 0 Å². The lowest BCUT2D eigenvalue weighted by molar-refractivity contribution is -0.222. The Morgan fingerprint density at radius 3 is 2.12 bits per heavy atom. The third kappa shape index (κ3) is 4.46. The van der Waals surface area contributed by atoms with E-state index in [2.05, 4.69) is 16.8 Å². The zero-order valence-corrected chi connectivity index (χ0v) is 14.9. The number of benzene rings is 1. The summed E-state index contributed by atoms with van der Waals surface area (Å²) in [6.07, 6.45) is 1.51. The number of hydrogen-bond donors (Lipinski definition) is 0. The SMILES string of the molecule is CN1CCN(Cc2ccc(C=C3C(=O)OC(C)(C)OC3=O)cc2)CC1. The van der Waals surface area contributed by atoms with Gasteiger partial charge in [-0.2, -0.15) is 0 Å². The van der Waals surface area contributed by atoms with E-state index in [0.29, 0.717) is 0 Å². The molecule has 2 aliphatic heterocycles. The summed E-state index contributed by atoms with van der Waals surface area (Å²) in [6.45, 7) is 8.28. The van der Waals surface area contributed by atoms with Crippen molar-refractivity contribution in [3.8, 4) is 0 Å². The van der Waals surface area contributed by atoms with Gasteiger partial charge >= 0.3 is 11.9 Å². The van der Waals surface area contributed by atoms with Crippen LogP contribution in [0, 0.1) is 0 Å². The molecule has 0 amide bonds. The minimum Gasteiger partial charge on any atom is -0.419 e. The Morgan fingerprint density at radius 1 is 1.00 bits per heavy atom. The molecule has 0 aliphatic carbocycles. The van der Waals surface area contributed by atoms with Crippen molar-refractivity contribution in [2.45, 2.75) is 26.2 Å². The normalized spacial score (nSPS) is 21.6. The Hall–Kier alpha value is -2.18. The molecule has 1 aromatic carbocycles. The smallest absolute Gasteiger partial charge is 0.348 e. The fourth-order valence-electron chi connectivity index (χ4n) is 2.93. The van der Waals surface area contributed by atoms with Crippen molar-refractivity contribution in [3.63, 3.8) is 0 Å². The molecule has 25 heavy (non-hydrogen) atoms. The predicted molar refractivity (Wildman–Crippen MR) is 93.5 cm³/mol. The Bertz CT molecular complexity index is 664. The van der Waals surface area contributed by atoms with Crippen molar-refractivity contribution in [3.05, 3.63) is 41.0 Å². The second-order valence-electron chi connectivity index (χ2n) is 7.06. The molecular formula is C19H24N2O4. The maximum atomic E-state index is 12.0. The summed E-state index contributed by atoms with van der Waals surface area (Å²) in [6, 6.07) is 7.85. The van der Waals surface area contributed by atoms with E-state index in [-0.39, 0.29) is 5.57 Å². The molecule has 0 saturated carbocycles. The molecule has 0 aromatic heterocycles. The summed E-state index contributed by atoms with van der Waals surface area (Å²) in [5.74, 6) is -2.51. The fourth-order valence-corrected chi connectivity index (χ4v) is 2.93. The van der Waals surface area contributed by atoms with Crippen molar-refractivity contribution in [1.82, 2.24) is 9.80 Å². The van der Waals surface area contributed by atoms with Gasteiger partial charge in [-0.25, -0.2) is 9.59 Å². The third-order valence-electron chi connectivity index (χ3n) is 4.41. The lowest BCUT2D eigenvalue weighted by Gasteiger charge is -2.32. The van der Waals surface area contributed by atoms with Crippen molar-refractivity contribution in [2.24, 2.45) is 0 Å². The van der Waals surface area contributed by atoms with Crippen LogP contribution in [-0.4, -0.2) is 60.8 Å². The van der Waals surface area contributed by atoms with Gasteiger partial charge in [0.2, 0.25) is 0 Å². The summed E-state index contributed by atoms with van der Waals surface area (Å²) in [4.78, 5) is 28.7. The molecule has 0 radical (unpaired) electrons. The van der Waals surface area contributed by atoms with Crippen LogP contribution in [0.4, 0.5) is 0 Å². The molecular weight excluding hydrogens is 320 g/mol. The van der Waals surface area contributed by atoms with E-state index in [4.69, 9.17) is 9.47 Å². The second-order valence-corrected chi connectivity index (χ2v) is 7.06. The number of piperazine rings is 1. The molecule has 3 rings (SSSR count). The van der Waals surface area contributed by atoms with Crippen molar-refractivity contribution >= 4 is 18.0 Å². The van der Waals surface area contributed by atoms with Crippen molar-refractivity contribution in [1.29, 1.82) is 0 Å². The van der Waals surface area contributed by atoms with Crippen LogP contribution in [0.25, 0.3) is 6.08 Å².